The molecule has 0 bridgehead atoms. The van der Waals surface area contributed by atoms with Gasteiger partial charge in [0.2, 0.25) is 0 Å². The molecule has 0 saturated heterocycles. The first kappa shape index (κ1) is 19.7. The van der Waals surface area contributed by atoms with E-state index in [1.165, 1.54) is 16.7 Å². The Bertz CT molecular complexity index is 574. The third-order valence-corrected chi connectivity index (χ3v) is 2.84. The van der Waals surface area contributed by atoms with Crippen molar-refractivity contribution < 1.29 is 0 Å². The van der Waals surface area contributed by atoms with Crippen molar-refractivity contribution >= 4 is 5.57 Å². The molecule has 2 aromatic rings. The third kappa shape index (κ3) is 5.57. The minimum atomic E-state index is 1.09. The van der Waals surface area contributed by atoms with Crippen LogP contribution < -0.4 is 0 Å². The molecule has 0 spiro atoms. The molecule has 0 aliphatic carbocycles. The molecule has 0 aromatic heterocycles. The second-order valence-electron chi connectivity index (χ2n) is 3.97. The van der Waals surface area contributed by atoms with Crippen LogP contribution in [0.2, 0.25) is 0 Å². The normalized spacial score (nSPS) is 9.55. The lowest BCUT2D eigenvalue weighted by Crippen LogP contribution is -1.87. The fraction of sp³-hybridized carbons (Fsp3) is 0.182. The third-order valence-electron chi connectivity index (χ3n) is 2.84. The van der Waals surface area contributed by atoms with Crippen LogP contribution in [-0.4, -0.2) is 0 Å². The minimum absolute atomic E-state index is 1.09. The Hall–Kier alpha value is -2.34. The van der Waals surface area contributed by atoms with Gasteiger partial charge < -0.3 is 0 Å². The summed E-state index contributed by atoms with van der Waals surface area (Å²) in [7, 11) is 0. The zero-order valence-electron chi connectivity index (χ0n) is 14.3. The number of hydrogen-bond donors (Lipinski definition) is 0. The average Bonchev–Trinajstić information content (AvgIpc) is 2.64. The summed E-state index contributed by atoms with van der Waals surface area (Å²) in [6, 6.07) is 18.7. The molecule has 0 atom stereocenters. The first-order valence-electron chi connectivity index (χ1n) is 7.97. The molecule has 0 N–H and O–H groups in total. The summed E-state index contributed by atoms with van der Waals surface area (Å²) in [6.45, 7) is 15.6. The van der Waals surface area contributed by atoms with Gasteiger partial charge >= 0.3 is 0 Å². The molecule has 2 rings (SSSR count). The Balaban J connectivity index is 0.00000102. The minimum Gasteiger partial charge on any atom is -0.0990 e. The second kappa shape index (κ2) is 12.4. The van der Waals surface area contributed by atoms with Gasteiger partial charge in [-0.25, -0.2) is 0 Å². The van der Waals surface area contributed by atoms with Gasteiger partial charge in [0.15, 0.2) is 0 Å². The highest BCUT2D eigenvalue weighted by Crippen LogP contribution is 2.29. The standard InChI is InChI=1S/C18H16.2C2H6/c1-3-10-15(4-2)17-13-8-9-14-18(17)16-11-6-5-7-12-16;2*1-2/h3-14H,1-2H2;2*1-2H3/b15-10+;;. The van der Waals surface area contributed by atoms with Gasteiger partial charge in [-0.2, -0.15) is 0 Å². The number of allylic oxidation sites excluding steroid dienone is 4. The van der Waals surface area contributed by atoms with E-state index in [9.17, 15) is 0 Å². The van der Waals surface area contributed by atoms with Crippen molar-refractivity contribution in [2.24, 2.45) is 0 Å². The summed E-state index contributed by atoms with van der Waals surface area (Å²) < 4.78 is 0. The fourth-order valence-corrected chi connectivity index (χ4v) is 2.00. The molecule has 116 valence electrons. The summed E-state index contributed by atoms with van der Waals surface area (Å²) in [5.74, 6) is 0. The van der Waals surface area contributed by atoms with Gasteiger partial charge in [-0.3, -0.25) is 0 Å². The quantitative estimate of drug-likeness (QED) is 0.524. The van der Waals surface area contributed by atoms with Gasteiger partial charge in [0, 0.05) is 0 Å². The van der Waals surface area contributed by atoms with Crippen LogP contribution in [0.4, 0.5) is 0 Å². The molecule has 0 radical (unpaired) electrons. The number of benzene rings is 2. The molecule has 0 saturated carbocycles. The predicted octanol–water partition coefficient (Wildman–Crippen LogP) is 7.16. The molecule has 0 fully saturated rings. The van der Waals surface area contributed by atoms with Crippen LogP contribution in [-0.2, 0) is 0 Å². The maximum Gasteiger partial charge on any atom is -0.0105 e. The summed E-state index contributed by atoms with van der Waals surface area (Å²) in [5, 5.41) is 0. The molecule has 0 aliphatic rings. The van der Waals surface area contributed by atoms with Gasteiger partial charge in [-0.05, 0) is 22.3 Å². The van der Waals surface area contributed by atoms with E-state index in [0.29, 0.717) is 0 Å². The van der Waals surface area contributed by atoms with E-state index in [2.05, 4.69) is 55.6 Å². The van der Waals surface area contributed by atoms with Crippen molar-refractivity contribution in [1.82, 2.24) is 0 Å². The van der Waals surface area contributed by atoms with E-state index >= 15 is 0 Å². The van der Waals surface area contributed by atoms with Gasteiger partial charge in [-0.15, -0.1) is 0 Å². The first-order valence-corrected chi connectivity index (χ1v) is 7.97. The Morgan fingerprint density at radius 3 is 1.86 bits per heavy atom. The molecule has 0 heteroatoms. The lowest BCUT2D eigenvalue weighted by Gasteiger charge is -2.10. The SMILES string of the molecule is C=C/C=C(\C=C)c1ccccc1-c1ccccc1.CC.CC. The maximum absolute atomic E-state index is 3.87. The summed E-state index contributed by atoms with van der Waals surface area (Å²) >= 11 is 0. The Morgan fingerprint density at radius 2 is 1.32 bits per heavy atom. The van der Waals surface area contributed by atoms with Crippen LogP contribution in [0.25, 0.3) is 16.7 Å². The molecule has 0 nitrogen and oxygen atoms in total. The van der Waals surface area contributed by atoms with E-state index in [1.54, 1.807) is 6.08 Å². The molecule has 0 amide bonds. The summed E-state index contributed by atoms with van der Waals surface area (Å²) in [6.07, 6.45) is 5.64. The Kier molecular flexibility index (Phi) is 11.1. The Labute approximate surface area is 136 Å². The van der Waals surface area contributed by atoms with E-state index in [-0.39, 0.29) is 0 Å². The van der Waals surface area contributed by atoms with Crippen molar-refractivity contribution in [1.29, 1.82) is 0 Å². The van der Waals surface area contributed by atoms with Crippen molar-refractivity contribution in [2.75, 3.05) is 0 Å². The van der Waals surface area contributed by atoms with Crippen LogP contribution in [0, 0.1) is 0 Å². The van der Waals surface area contributed by atoms with Crippen LogP contribution in [0.15, 0.2) is 86.0 Å². The highest BCUT2D eigenvalue weighted by Gasteiger charge is 2.05. The van der Waals surface area contributed by atoms with E-state index in [1.807, 2.05) is 52.0 Å². The first-order chi connectivity index (χ1) is 10.9. The average molecular weight is 292 g/mol. The van der Waals surface area contributed by atoms with Gasteiger partial charge in [-0.1, -0.05) is 114 Å². The summed E-state index contributed by atoms with van der Waals surface area (Å²) in [4.78, 5) is 0. The largest absolute Gasteiger partial charge is 0.0990 e. The summed E-state index contributed by atoms with van der Waals surface area (Å²) in [5.41, 5.74) is 4.69. The van der Waals surface area contributed by atoms with Crippen molar-refractivity contribution in [3.8, 4) is 11.1 Å². The number of hydrogen-bond acceptors (Lipinski definition) is 0. The lowest BCUT2D eigenvalue weighted by atomic mass is 9.94. The van der Waals surface area contributed by atoms with Gasteiger partial charge in [0.05, 0.1) is 0 Å². The topological polar surface area (TPSA) is 0 Å². The molecular weight excluding hydrogens is 264 g/mol. The van der Waals surface area contributed by atoms with E-state index in [4.69, 9.17) is 0 Å². The number of rotatable bonds is 4. The molecule has 0 unspecified atom stereocenters. The van der Waals surface area contributed by atoms with Crippen molar-refractivity contribution in [2.45, 2.75) is 27.7 Å². The fourth-order valence-electron chi connectivity index (χ4n) is 2.00. The van der Waals surface area contributed by atoms with Crippen LogP contribution in [0.5, 0.6) is 0 Å². The highest BCUT2D eigenvalue weighted by atomic mass is 14.1. The van der Waals surface area contributed by atoms with Gasteiger partial charge in [0.1, 0.15) is 0 Å². The van der Waals surface area contributed by atoms with Crippen LogP contribution >= 0.6 is 0 Å². The van der Waals surface area contributed by atoms with Crippen molar-refractivity contribution in [3.05, 3.63) is 91.5 Å². The van der Waals surface area contributed by atoms with Crippen molar-refractivity contribution in [3.63, 3.8) is 0 Å². The lowest BCUT2D eigenvalue weighted by molar-refractivity contribution is 1.50. The van der Waals surface area contributed by atoms with Crippen LogP contribution in [0.1, 0.15) is 33.3 Å². The molecule has 0 heterocycles. The molecule has 22 heavy (non-hydrogen) atoms. The maximum atomic E-state index is 3.87. The predicted molar refractivity (Wildman–Crippen MR) is 103 cm³/mol. The zero-order valence-corrected chi connectivity index (χ0v) is 14.3. The molecule has 2 aromatic carbocycles. The smallest absolute Gasteiger partial charge is 0.0105 e. The Morgan fingerprint density at radius 1 is 0.773 bits per heavy atom. The van der Waals surface area contributed by atoms with E-state index < -0.39 is 0 Å². The van der Waals surface area contributed by atoms with Gasteiger partial charge in [0.25, 0.3) is 0 Å². The molecular formula is C22H28. The van der Waals surface area contributed by atoms with E-state index in [0.717, 1.165) is 5.57 Å². The monoisotopic (exact) mass is 292 g/mol. The molecule has 0 aliphatic heterocycles. The van der Waals surface area contributed by atoms with Crippen LogP contribution in [0.3, 0.4) is 0 Å². The second-order valence-corrected chi connectivity index (χ2v) is 3.97. The zero-order chi connectivity index (χ0) is 16.8. The highest BCUT2D eigenvalue weighted by molar-refractivity contribution is 5.85.